The van der Waals surface area contributed by atoms with Gasteiger partial charge in [-0.05, 0) is 29.1 Å². The van der Waals surface area contributed by atoms with Crippen molar-refractivity contribution >= 4 is 39.7 Å². The minimum absolute atomic E-state index is 0.142. The van der Waals surface area contributed by atoms with E-state index < -0.39 is 5.91 Å². The first-order valence-electron chi connectivity index (χ1n) is 7.77. The summed E-state index contributed by atoms with van der Waals surface area (Å²) in [6.07, 6.45) is 1.68. The number of hydrogen-bond donors (Lipinski definition) is 0. The summed E-state index contributed by atoms with van der Waals surface area (Å²) in [5.74, 6) is 1.23. The van der Waals surface area contributed by atoms with Crippen molar-refractivity contribution in [3.8, 4) is 6.07 Å². The Kier molecular flexibility index (Phi) is 2.97. The zero-order chi connectivity index (χ0) is 17.0. The molecule has 4 nitrogen and oxygen atoms in total. The smallest absolute Gasteiger partial charge is 0.288 e. The molecule has 0 unspecified atom stereocenters. The number of nitriles is 1. The van der Waals surface area contributed by atoms with Gasteiger partial charge in [0, 0.05) is 21.4 Å². The van der Waals surface area contributed by atoms with E-state index in [9.17, 15) is 10.1 Å². The molecule has 1 aliphatic carbocycles. The lowest BCUT2D eigenvalue weighted by Gasteiger charge is -2.08. The number of carbonyl (C=O) groups excluding carboxylic acids is 1. The Labute approximate surface area is 147 Å². The molecule has 1 amide bonds. The van der Waals surface area contributed by atoms with Crippen LogP contribution in [0.1, 0.15) is 16.9 Å². The topological polar surface area (TPSA) is 66.4 Å². The molecule has 2 heterocycles. The summed E-state index contributed by atoms with van der Waals surface area (Å²) in [4.78, 5) is 17.2. The van der Waals surface area contributed by atoms with Crippen molar-refractivity contribution in [2.45, 2.75) is 10.6 Å². The van der Waals surface area contributed by atoms with Gasteiger partial charge < -0.3 is 4.42 Å². The van der Waals surface area contributed by atoms with E-state index in [0.717, 1.165) is 38.3 Å². The summed E-state index contributed by atoms with van der Waals surface area (Å²) in [5.41, 5.74) is 3.32. The molecule has 0 atom stereocenters. The maximum Gasteiger partial charge on any atom is 0.288 e. The SMILES string of the molecule is N#CC1=C2C(=NC1=O)c1cccc3c(SCc4ccco4)ccc2c13. The van der Waals surface area contributed by atoms with Crippen molar-refractivity contribution in [2.75, 3.05) is 0 Å². The normalized spacial score (nSPS) is 14.8. The highest BCUT2D eigenvalue weighted by atomic mass is 32.2. The van der Waals surface area contributed by atoms with Crippen LogP contribution in [0.5, 0.6) is 0 Å². The van der Waals surface area contributed by atoms with Crippen LogP contribution in [0.15, 0.2) is 68.6 Å². The lowest BCUT2D eigenvalue weighted by molar-refractivity contribution is -0.113. The van der Waals surface area contributed by atoms with Gasteiger partial charge >= 0.3 is 0 Å². The van der Waals surface area contributed by atoms with E-state index in [2.05, 4.69) is 11.1 Å². The Balaban J connectivity index is 1.68. The number of fused-ring (bicyclic) bond motifs is 3. The fourth-order valence-electron chi connectivity index (χ4n) is 3.45. The van der Waals surface area contributed by atoms with Gasteiger partial charge in [-0.25, -0.2) is 4.99 Å². The summed E-state index contributed by atoms with van der Waals surface area (Å²) in [5, 5.41) is 11.5. The number of amides is 1. The zero-order valence-corrected chi connectivity index (χ0v) is 13.8. The Hall–Kier alpha value is -3.10. The molecule has 2 aliphatic rings. The Morgan fingerprint density at radius 1 is 1.12 bits per heavy atom. The van der Waals surface area contributed by atoms with Crippen LogP contribution >= 0.6 is 11.8 Å². The number of hydrogen-bond acceptors (Lipinski definition) is 4. The molecule has 1 aliphatic heterocycles. The molecule has 3 aromatic rings. The van der Waals surface area contributed by atoms with Crippen LogP contribution in [0, 0.1) is 11.3 Å². The summed E-state index contributed by atoms with van der Waals surface area (Å²) >= 11 is 1.71. The highest BCUT2D eigenvalue weighted by molar-refractivity contribution is 7.98. The largest absolute Gasteiger partial charge is 0.468 e. The van der Waals surface area contributed by atoms with Gasteiger partial charge in [0.25, 0.3) is 5.91 Å². The molecule has 0 fully saturated rings. The Morgan fingerprint density at radius 3 is 2.84 bits per heavy atom. The van der Waals surface area contributed by atoms with E-state index in [1.54, 1.807) is 18.0 Å². The van der Waals surface area contributed by atoms with E-state index in [1.807, 2.05) is 42.5 Å². The quantitative estimate of drug-likeness (QED) is 0.664. The van der Waals surface area contributed by atoms with Gasteiger partial charge in [-0.2, -0.15) is 5.26 Å². The molecule has 0 bridgehead atoms. The summed E-state index contributed by atoms with van der Waals surface area (Å²) in [6, 6.07) is 15.9. The number of carbonyl (C=O) groups is 1. The first-order valence-corrected chi connectivity index (χ1v) is 8.76. The molecular weight excluding hydrogens is 332 g/mol. The second-order valence-corrected chi connectivity index (χ2v) is 6.85. The second-order valence-electron chi connectivity index (χ2n) is 5.83. The average molecular weight is 342 g/mol. The summed E-state index contributed by atoms with van der Waals surface area (Å²) in [6.45, 7) is 0. The second kappa shape index (κ2) is 5.20. The molecule has 0 saturated carbocycles. The summed E-state index contributed by atoms with van der Waals surface area (Å²) < 4.78 is 5.41. The van der Waals surface area contributed by atoms with E-state index in [1.165, 1.54) is 0 Å². The van der Waals surface area contributed by atoms with E-state index in [4.69, 9.17) is 4.42 Å². The third-order valence-electron chi connectivity index (χ3n) is 4.50. The fourth-order valence-corrected chi connectivity index (χ4v) is 4.41. The van der Waals surface area contributed by atoms with Gasteiger partial charge in [0.05, 0.1) is 17.7 Å². The minimum atomic E-state index is -0.438. The minimum Gasteiger partial charge on any atom is -0.468 e. The molecule has 0 spiro atoms. The van der Waals surface area contributed by atoms with Crippen molar-refractivity contribution < 1.29 is 9.21 Å². The van der Waals surface area contributed by atoms with Crippen molar-refractivity contribution in [3.05, 3.63) is 71.2 Å². The predicted octanol–water partition coefficient (Wildman–Crippen LogP) is 4.35. The Bertz CT molecular complexity index is 1160. The van der Waals surface area contributed by atoms with Gasteiger partial charge in [-0.1, -0.05) is 24.3 Å². The number of aliphatic imine (C=N–C) groups is 1. The maximum absolute atomic E-state index is 12.0. The first kappa shape index (κ1) is 14.3. The summed E-state index contributed by atoms with van der Waals surface area (Å²) in [7, 11) is 0. The number of allylic oxidation sites excluding steroid dienone is 1. The van der Waals surface area contributed by atoms with Crippen LogP contribution < -0.4 is 0 Å². The van der Waals surface area contributed by atoms with Gasteiger partial charge in [-0.15, -0.1) is 11.8 Å². The van der Waals surface area contributed by atoms with Crippen LogP contribution in [0.2, 0.25) is 0 Å². The maximum atomic E-state index is 12.0. The Morgan fingerprint density at radius 2 is 2.04 bits per heavy atom. The van der Waals surface area contributed by atoms with Crippen LogP contribution in [-0.4, -0.2) is 11.6 Å². The van der Waals surface area contributed by atoms with Crippen molar-refractivity contribution in [1.82, 2.24) is 0 Å². The standard InChI is InChI=1S/C20H10N2O2S/c21-9-15-18-13-6-7-16(25-10-11-3-2-8-24-11)12-4-1-5-14(17(12)13)19(18)22-20(15)23/h1-8H,10H2. The van der Waals surface area contributed by atoms with Crippen LogP contribution in [0.25, 0.3) is 16.3 Å². The number of furan rings is 1. The first-order chi connectivity index (χ1) is 12.3. The highest BCUT2D eigenvalue weighted by Crippen LogP contribution is 2.45. The van der Waals surface area contributed by atoms with E-state index in [0.29, 0.717) is 11.3 Å². The van der Waals surface area contributed by atoms with Crippen molar-refractivity contribution in [3.63, 3.8) is 0 Å². The van der Waals surface area contributed by atoms with Crippen LogP contribution in [0.4, 0.5) is 0 Å². The average Bonchev–Trinajstić information content (AvgIpc) is 3.32. The van der Waals surface area contributed by atoms with E-state index >= 15 is 0 Å². The molecule has 5 heteroatoms. The molecule has 0 radical (unpaired) electrons. The van der Waals surface area contributed by atoms with Crippen LogP contribution in [-0.2, 0) is 10.5 Å². The molecule has 118 valence electrons. The number of benzene rings is 2. The molecular formula is C20H10N2O2S. The number of thioether (sulfide) groups is 1. The lowest BCUT2D eigenvalue weighted by Crippen LogP contribution is -1.93. The van der Waals surface area contributed by atoms with Gasteiger partial charge in [-0.3, -0.25) is 4.79 Å². The van der Waals surface area contributed by atoms with Crippen molar-refractivity contribution in [2.24, 2.45) is 4.99 Å². The van der Waals surface area contributed by atoms with E-state index in [-0.39, 0.29) is 5.57 Å². The molecule has 5 rings (SSSR count). The van der Waals surface area contributed by atoms with Crippen LogP contribution in [0.3, 0.4) is 0 Å². The fraction of sp³-hybridized carbons (Fsp3) is 0.0500. The lowest BCUT2D eigenvalue weighted by atomic mass is 10.0. The van der Waals surface area contributed by atoms with Gasteiger partial charge in [0.2, 0.25) is 0 Å². The van der Waals surface area contributed by atoms with Crippen molar-refractivity contribution in [1.29, 1.82) is 5.26 Å². The molecule has 1 aromatic heterocycles. The zero-order valence-electron chi connectivity index (χ0n) is 12.9. The third-order valence-corrected chi connectivity index (χ3v) is 5.60. The third kappa shape index (κ3) is 1.95. The molecule has 0 saturated heterocycles. The number of nitrogens with zero attached hydrogens (tertiary/aromatic N) is 2. The molecule has 0 N–H and O–H groups in total. The predicted molar refractivity (Wildman–Crippen MR) is 96.3 cm³/mol. The van der Waals surface area contributed by atoms with Gasteiger partial charge in [0.1, 0.15) is 17.4 Å². The molecule has 25 heavy (non-hydrogen) atoms. The van der Waals surface area contributed by atoms with Gasteiger partial charge in [0.15, 0.2) is 0 Å². The molecule has 2 aromatic carbocycles. The monoisotopic (exact) mass is 342 g/mol. The highest BCUT2D eigenvalue weighted by Gasteiger charge is 2.36. The number of rotatable bonds is 3.